The third-order valence-electron chi connectivity index (χ3n) is 5.14. The number of benzene rings is 1. The minimum atomic E-state index is -1.29. The summed E-state index contributed by atoms with van der Waals surface area (Å²) in [4.78, 5) is 29.1. The zero-order valence-corrected chi connectivity index (χ0v) is 19.8. The Bertz CT molecular complexity index is 865. The molecule has 0 bridgehead atoms. The number of aliphatic hydroxyl groups is 1. The van der Waals surface area contributed by atoms with Crippen LogP contribution in [0.5, 0.6) is 11.5 Å². The molecule has 1 N–H and O–H groups in total. The summed E-state index contributed by atoms with van der Waals surface area (Å²) >= 11 is 0. The average molecular weight is 469 g/mol. The van der Waals surface area contributed by atoms with E-state index in [4.69, 9.17) is 14.2 Å². The van der Waals surface area contributed by atoms with Gasteiger partial charge in [0.15, 0.2) is 17.7 Å². The van der Waals surface area contributed by atoms with Crippen LogP contribution in [-0.2, 0) is 4.74 Å². The molecule has 0 aliphatic carbocycles. The van der Waals surface area contributed by atoms with Crippen molar-refractivity contribution in [3.05, 3.63) is 29.8 Å². The SMILES string of the molecule is C=C1C[C@H]2C(O)N(C(=O)OC[C@@H](C)SSCC)c3cc(OC)c(OC)cc3C(=O)N2C1. The largest absolute Gasteiger partial charge is 0.493 e. The molecule has 0 radical (unpaired) electrons. The van der Waals surface area contributed by atoms with E-state index in [9.17, 15) is 14.7 Å². The van der Waals surface area contributed by atoms with Crippen molar-refractivity contribution in [2.24, 2.45) is 0 Å². The number of fused-ring (bicyclic) bond motifs is 2. The summed E-state index contributed by atoms with van der Waals surface area (Å²) < 4.78 is 16.2. The second kappa shape index (κ2) is 10.1. The highest BCUT2D eigenvalue weighted by Gasteiger charge is 2.46. The van der Waals surface area contributed by atoms with Gasteiger partial charge in [-0.05, 0) is 19.4 Å². The molecule has 2 heterocycles. The quantitative estimate of drug-likeness (QED) is 0.480. The smallest absolute Gasteiger partial charge is 0.416 e. The van der Waals surface area contributed by atoms with Crippen LogP contribution >= 0.6 is 21.6 Å². The first-order valence-corrected chi connectivity index (χ1v) is 12.4. The molecule has 3 atom stereocenters. The summed E-state index contributed by atoms with van der Waals surface area (Å²) in [6, 6.07) is 2.45. The zero-order chi connectivity index (χ0) is 22.7. The first-order chi connectivity index (χ1) is 14.8. The predicted octanol–water partition coefficient (Wildman–Crippen LogP) is 3.54. The van der Waals surface area contributed by atoms with E-state index in [-0.39, 0.29) is 29.0 Å². The van der Waals surface area contributed by atoms with Gasteiger partial charge in [-0.1, -0.05) is 40.7 Å². The molecule has 3 rings (SSSR count). The van der Waals surface area contributed by atoms with Gasteiger partial charge in [0.05, 0.1) is 31.5 Å². The molecule has 10 heteroatoms. The average Bonchev–Trinajstić information content (AvgIpc) is 3.13. The Kier molecular flexibility index (Phi) is 7.66. The van der Waals surface area contributed by atoms with Gasteiger partial charge >= 0.3 is 6.09 Å². The molecule has 2 aliphatic heterocycles. The van der Waals surface area contributed by atoms with Crippen molar-refractivity contribution in [3.8, 4) is 11.5 Å². The van der Waals surface area contributed by atoms with Gasteiger partial charge in [-0.15, -0.1) is 0 Å². The van der Waals surface area contributed by atoms with E-state index in [1.54, 1.807) is 26.5 Å². The Balaban J connectivity index is 2.00. The Hall–Kier alpha value is -2.04. The Labute approximate surface area is 190 Å². The molecule has 2 aliphatic rings. The number of amides is 2. The van der Waals surface area contributed by atoms with Crippen molar-refractivity contribution >= 4 is 39.3 Å². The number of methoxy groups -OCH3 is 2. The number of carbonyl (C=O) groups excluding carboxylic acids is 2. The summed E-state index contributed by atoms with van der Waals surface area (Å²) in [5.41, 5.74) is 1.27. The van der Waals surface area contributed by atoms with Crippen LogP contribution in [0.4, 0.5) is 10.5 Å². The molecule has 1 saturated heterocycles. The van der Waals surface area contributed by atoms with Crippen LogP contribution in [-0.4, -0.2) is 72.7 Å². The zero-order valence-electron chi connectivity index (χ0n) is 18.1. The summed E-state index contributed by atoms with van der Waals surface area (Å²) in [5, 5.41) is 11.3. The van der Waals surface area contributed by atoms with E-state index in [1.807, 2.05) is 6.92 Å². The van der Waals surface area contributed by atoms with Crippen molar-refractivity contribution in [2.45, 2.75) is 37.8 Å². The van der Waals surface area contributed by atoms with Crippen LogP contribution in [0.25, 0.3) is 0 Å². The highest BCUT2D eigenvalue weighted by molar-refractivity contribution is 8.76. The summed E-state index contributed by atoms with van der Waals surface area (Å²) in [6.45, 7) is 8.48. The van der Waals surface area contributed by atoms with Crippen LogP contribution in [0.2, 0.25) is 0 Å². The van der Waals surface area contributed by atoms with Gasteiger partial charge in [0.25, 0.3) is 5.91 Å². The number of aliphatic hydroxyl groups excluding tert-OH is 1. The third-order valence-corrected chi connectivity index (χ3v) is 8.08. The highest BCUT2D eigenvalue weighted by Crippen LogP contribution is 2.41. The molecule has 1 aromatic carbocycles. The minimum Gasteiger partial charge on any atom is -0.493 e. The van der Waals surface area contributed by atoms with Crippen LogP contribution in [0.1, 0.15) is 30.6 Å². The van der Waals surface area contributed by atoms with Crippen LogP contribution in [0.15, 0.2) is 24.3 Å². The highest BCUT2D eigenvalue weighted by atomic mass is 33.1. The number of rotatable bonds is 7. The van der Waals surface area contributed by atoms with E-state index < -0.39 is 18.4 Å². The van der Waals surface area contributed by atoms with E-state index in [1.165, 1.54) is 26.4 Å². The van der Waals surface area contributed by atoms with Gasteiger partial charge in [-0.3, -0.25) is 4.79 Å². The number of hydrogen-bond donors (Lipinski definition) is 1. The Morgan fingerprint density at radius 1 is 1.32 bits per heavy atom. The van der Waals surface area contributed by atoms with Gasteiger partial charge in [0.2, 0.25) is 0 Å². The molecule has 8 nitrogen and oxygen atoms in total. The number of anilines is 1. The lowest BCUT2D eigenvalue weighted by Crippen LogP contribution is -2.51. The molecule has 170 valence electrons. The molecule has 0 spiro atoms. The van der Waals surface area contributed by atoms with Crippen molar-refractivity contribution < 1.29 is 28.9 Å². The molecule has 1 unspecified atom stereocenters. The molecule has 0 saturated carbocycles. The fraction of sp³-hybridized carbons (Fsp3) is 0.524. The Morgan fingerprint density at radius 2 is 2.00 bits per heavy atom. The van der Waals surface area contributed by atoms with E-state index in [0.29, 0.717) is 24.5 Å². The first-order valence-electron chi connectivity index (χ1n) is 9.98. The summed E-state index contributed by atoms with van der Waals surface area (Å²) in [7, 11) is 6.26. The monoisotopic (exact) mass is 468 g/mol. The molecule has 31 heavy (non-hydrogen) atoms. The fourth-order valence-electron chi connectivity index (χ4n) is 3.70. The van der Waals surface area contributed by atoms with E-state index in [2.05, 4.69) is 13.5 Å². The van der Waals surface area contributed by atoms with Crippen LogP contribution in [0.3, 0.4) is 0 Å². The molecule has 0 aromatic heterocycles. The molecule has 1 aromatic rings. The number of hydrogen-bond acceptors (Lipinski definition) is 8. The maximum absolute atomic E-state index is 13.3. The second-order valence-corrected chi connectivity index (χ2v) is 10.4. The number of carbonyl (C=O) groups is 2. The van der Waals surface area contributed by atoms with Gasteiger partial charge in [0, 0.05) is 23.6 Å². The van der Waals surface area contributed by atoms with E-state index in [0.717, 1.165) is 16.2 Å². The van der Waals surface area contributed by atoms with Crippen molar-refractivity contribution in [1.82, 2.24) is 4.90 Å². The second-order valence-electron chi connectivity index (χ2n) is 7.35. The molecular formula is C21H28N2O6S2. The van der Waals surface area contributed by atoms with Gasteiger partial charge in [-0.25, -0.2) is 9.69 Å². The summed E-state index contributed by atoms with van der Waals surface area (Å²) in [5.74, 6) is 1.34. The van der Waals surface area contributed by atoms with Crippen LogP contribution < -0.4 is 14.4 Å². The molecule has 1 fully saturated rings. The molecular weight excluding hydrogens is 440 g/mol. The lowest BCUT2D eigenvalue weighted by Gasteiger charge is -2.31. The van der Waals surface area contributed by atoms with E-state index >= 15 is 0 Å². The van der Waals surface area contributed by atoms with Crippen LogP contribution in [0, 0.1) is 0 Å². The van der Waals surface area contributed by atoms with Gasteiger partial charge < -0.3 is 24.2 Å². The predicted molar refractivity (Wildman–Crippen MR) is 123 cm³/mol. The normalized spacial score (nSPS) is 21.3. The van der Waals surface area contributed by atoms with Gasteiger partial charge in [-0.2, -0.15) is 0 Å². The standard InChI is InChI=1S/C21H28N2O6S2/c1-6-30-31-13(3)11-29-21(26)23-15-9-18(28-5)17(27-4)8-14(15)19(24)22-10-12(2)7-16(22)20(23)25/h8-9,13,16,20,25H,2,6-7,10-11H2,1,3-5H3/t13-,16+,20?/m1/s1. The Morgan fingerprint density at radius 3 is 2.65 bits per heavy atom. The lowest BCUT2D eigenvalue weighted by atomic mass is 10.1. The molecule has 2 amide bonds. The maximum atomic E-state index is 13.3. The maximum Gasteiger partial charge on any atom is 0.416 e. The minimum absolute atomic E-state index is 0.0762. The topological polar surface area (TPSA) is 88.5 Å². The van der Waals surface area contributed by atoms with Crippen molar-refractivity contribution in [1.29, 1.82) is 0 Å². The van der Waals surface area contributed by atoms with Gasteiger partial charge in [0.1, 0.15) is 6.61 Å². The lowest BCUT2D eigenvalue weighted by molar-refractivity contribution is 0.0491. The third kappa shape index (κ3) is 4.75. The fourth-order valence-corrected chi connectivity index (χ4v) is 5.47. The number of ether oxygens (including phenoxy) is 3. The number of nitrogens with zero attached hydrogens (tertiary/aromatic N) is 2. The first kappa shape index (κ1) is 23.6. The summed E-state index contributed by atoms with van der Waals surface area (Å²) in [6.07, 6.45) is -1.61. The van der Waals surface area contributed by atoms with Crippen molar-refractivity contribution in [3.63, 3.8) is 0 Å². The van der Waals surface area contributed by atoms with Crippen molar-refractivity contribution in [2.75, 3.05) is 38.0 Å².